The van der Waals surface area contributed by atoms with Crippen molar-refractivity contribution in [3.8, 4) is 11.1 Å². The Hall–Kier alpha value is -3.35. The molecule has 1 amide bonds. The topological polar surface area (TPSA) is 49.3 Å². The summed E-state index contributed by atoms with van der Waals surface area (Å²) in [6, 6.07) is 7.30. The quantitative estimate of drug-likeness (QED) is 0.636. The highest BCUT2D eigenvalue weighted by atomic mass is 19.1. The summed E-state index contributed by atoms with van der Waals surface area (Å²) >= 11 is 0. The van der Waals surface area contributed by atoms with Crippen LogP contribution in [-0.4, -0.2) is 47.2 Å². The van der Waals surface area contributed by atoms with Crippen molar-refractivity contribution >= 4 is 22.5 Å². The first-order chi connectivity index (χ1) is 14.0. The van der Waals surface area contributed by atoms with Gasteiger partial charge in [0.25, 0.3) is 0 Å². The van der Waals surface area contributed by atoms with Gasteiger partial charge in [-0.05, 0) is 48.4 Å². The number of fused-ring (bicyclic) bond motifs is 1. The van der Waals surface area contributed by atoms with E-state index in [1.165, 1.54) is 18.2 Å². The normalized spacial score (nSPS) is 14.3. The van der Waals surface area contributed by atoms with Crippen molar-refractivity contribution in [2.45, 2.75) is 6.92 Å². The molecule has 29 heavy (non-hydrogen) atoms. The minimum absolute atomic E-state index is 0.0656. The van der Waals surface area contributed by atoms with E-state index in [2.05, 4.69) is 21.7 Å². The number of hydrogen-bond donors (Lipinski definition) is 0. The van der Waals surface area contributed by atoms with Gasteiger partial charge in [0, 0.05) is 43.2 Å². The average Bonchev–Trinajstić information content (AvgIpc) is 2.73. The summed E-state index contributed by atoms with van der Waals surface area (Å²) in [5.41, 5.74) is 3.40. The fraction of sp³-hybridized carbons (Fsp3) is 0.227. The molecule has 5 nitrogen and oxygen atoms in total. The lowest BCUT2D eigenvalue weighted by Gasteiger charge is -2.35. The highest BCUT2D eigenvalue weighted by Gasteiger charge is 2.22. The van der Waals surface area contributed by atoms with Crippen LogP contribution < -0.4 is 4.90 Å². The molecule has 2 aromatic carbocycles. The second-order valence-corrected chi connectivity index (χ2v) is 7.05. The van der Waals surface area contributed by atoms with Crippen molar-refractivity contribution in [3.63, 3.8) is 0 Å². The number of carbonyl (C=O) groups excluding carboxylic acids is 1. The van der Waals surface area contributed by atoms with Gasteiger partial charge in [0.05, 0.1) is 17.4 Å². The van der Waals surface area contributed by atoms with Crippen molar-refractivity contribution in [1.82, 2.24) is 15.1 Å². The van der Waals surface area contributed by atoms with Crippen LogP contribution in [0.1, 0.15) is 5.56 Å². The molecule has 7 heteroatoms. The molecule has 0 N–H and O–H groups in total. The molecule has 1 aliphatic heterocycles. The third kappa shape index (κ3) is 3.55. The number of amides is 1. The highest BCUT2D eigenvalue weighted by molar-refractivity contribution is 5.95. The van der Waals surface area contributed by atoms with E-state index < -0.39 is 11.6 Å². The zero-order valence-corrected chi connectivity index (χ0v) is 16.0. The Labute approximate surface area is 167 Å². The second kappa shape index (κ2) is 7.58. The number of aryl methyl sites for hydroxylation is 1. The van der Waals surface area contributed by atoms with Crippen molar-refractivity contribution in [2.24, 2.45) is 0 Å². The van der Waals surface area contributed by atoms with E-state index in [0.29, 0.717) is 42.8 Å². The number of halogens is 2. The summed E-state index contributed by atoms with van der Waals surface area (Å²) in [6.07, 6.45) is 3.05. The van der Waals surface area contributed by atoms with Gasteiger partial charge in [-0.15, -0.1) is 0 Å². The Morgan fingerprint density at radius 1 is 1.10 bits per heavy atom. The molecule has 3 aromatic rings. The minimum atomic E-state index is -0.612. The second-order valence-electron chi connectivity index (χ2n) is 7.05. The third-order valence-electron chi connectivity index (χ3n) is 5.29. The highest BCUT2D eigenvalue weighted by Crippen LogP contribution is 2.33. The fourth-order valence-corrected chi connectivity index (χ4v) is 3.75. The van der Waals surface area contributed by atoms with E-state index in [0.717, 1.165) is 22.7 Å². The zero-order valence-electron chi connectivity index (χ0n) is 16.0. The number of aromatic nitrogens is 2. The summed E-state index contributed by atoms with van der Waals surface area (Å²) in [5.74, 6) is -1.29. The van der Waals surface area contributed by atoms with Gasteiger partial charge in [0.2, 0.25) is 5.91 Å². The van der Waals surface area contributed by atoms with Crippen LogP contribution in [0, 0.1) is 18.6 Å². The Bertz CT molecular complexity index is 1110. The van der Waals surface area contributed by atoms with E-state index in [9.17, 15) is 13.6 Å². The SMILES string of the molecule is C=CC(=O)N1CCN(c2cnnc3cc(-c4ccc(F)cc4F)c(C)cc23)CC1. The van der Waals surface area contributed by atoms with Crippen molar-refractivity contribution in [2.75, 3.05) is 31.1 Å². The van der Waals surface area contributed by atoms with E-state index >= 15 is 0 Å². The monoisotopic (exact) mass is 394 g/mol. The number of rotatable bonds is 3. The van der Waals surface area contributed by atoms with Gasteiger partial charge < -0.3 is 9.80 Å². The van der Waals surface area contributed by atoms with Gasteiger partial charge in [-0.1, -0.05) is 6.58 Å². The van der Waals surface area contributed by atoms with Crippen LogP contribution in [0.4, 0.5) is 14.5 Å². The van der Waals surface area contributed by atoms with Crippen LogP contribution in [-0.2, 0) is 4.79 Å². The number of piperazine rings is 1. The van der Waals surface area contributed by atoms with Crippen molar-refractivity contribution in [3.05, 3.63) is 66.4 Å². The molecule has 0 bridgehead atoms. The Kier molecular flexibility index (Phi) is 4.96. The summed E-state index contributed by atoms with van der Waals surface area (Å²) in [4.78, 5) is 15.7. The smallest absolute Gasteiger partial charge is 0.246 e. The molecule has 0 atom stereocenters. The van der Waals surface area contributed by atoms with E-state index in [1.54, 1.807) is 17.2 Å². The number of hydrogen-bond acceptors (Lipinski definition) is 4. The maximum Gasteiger partial charge on any atom is 0.246 e. The maximum atomic E-state index is 14.3. The Morgan fingerprint density at radius 2 is 1.86 bits per heavy atom. The minimum Gasteiger partial charge on any atom is -0.366 e. The van der Waals surface area contributed by atoms with E-state index in [-0.39, 0.29) is 5.91 Å². The Balaban J connectivity index is 1.70. The summed E-state index contributed by atoms with van der Waals surface area (Å²) in [7, 11) is 0. The molecule has 0 radical (unpaired) electrons. The summed E-state index contributed by atoms with van der Waals surface area (Å²) in [6.45, 7) is 7.98. The van der Waals surface area contributed by atoms with Crippen LogP contribution in [0.5, 0.6) is 0 Å². The fourth-order valence-electron chi connectivity index (χ4n) is 3.75. The van der Waals surface area contributed by atoms with Gasteiger partial charge in [0.1, 0.15) is 11.6 Å². The van der Waals surface area contributed by atoms with E-state index in [4.69, 9.17) is 0 Å². The van der Waals surface area contributed by atoms with Crippen LogP contribution in [0.2, 0.25) is 0 Å². The molecule has 2 heterocycles. The molecule has 1 aromatic heterocycles. The van der Waals surface area contributed by atoms with Crippen molar-refractivity contribution < 1.29 is 13.6 Å². The third-order valence-corrected chi connectivity index (χ3v) is 5.29. The number of nitrogens with zero attached hydrogens (tertiary/aromatic N) is 4. The molecule has 1 aliphatic rings. The lowest BCUT2D eigenvalue weighted by atomic mass is 9.97. The van der Waals surface area contributed by atoms with Gasteiger partial charge in [-0.2, -0.15) is 10.2 Å². The molecule has 0 aliphatic carbocycles. The molecular formula is C22H20F2N4O. The lowest BCUT2D eigenvalue weighted by molar-refractivity contribution is -0.126. The van der Waals surface area contributed by atoms with Gasteiger partial charge >= 0.3 is 0 Å². The molecule has 1 saturated heterocycles. The summed E-state index contributed by atoms with van der Waals surface area (Å²) in [5, 5.41) is 9.24. The standard InChI is InChI=1S/C22H20F2N4O/c1-3-22(29)28-8-6-27(7-9-28)21-13-25-26-20-12-17(14(2)10-18(20)21)16-5-4-15(23)11-19(16)24/h3-5,10-13H,1,6-9H2,2H3. The molecule has 0 unspecified atom stereocenters. The average molecular weight is 394 g/mol. The first-order valence-corrected chi connectivity index (χ1v) is 9.35. The number of benzene rings is 2. The van der Waals surface area contributed by atoms with Gasteiger partial charge in [-0.3, -0.25) is 4.79 Å². The first kappa shape index (κ1) is 19.0. The molecule has 148 valence electrons. The van der Waals surface area contributed by atoms with Gasteiger partial charge in [-0.25, -0.2) is 8.78 Å². The van der Waals surface area contributed by atoms with E-state index in [1.807, 2.05) is 13.0 Å². The zero-order chi connectivity index (χ0) is 20.5. The summed E-state index contributed by atoms with van der Waals surface area (Å²) < 4.78 is 27.6. The van der Waals surface area contributed by atoms with Crippen LogP contribution in [0.25, 0.3) is 22.0 Å². The molecule has 4 rings (SSSR count). The predicted octanol–water partition coefficient (Wildman–Crippen LogP) is 3.72. The molecule has 0 saturated carbocycles. The van der Waals surface area contributed by atoms with Crippen LogP contribution in [0.15, 0.2) is 49.2 Å². The molecule has 1 fully saturated rings. The predicted molar refractivity (Wildman–Crippen MR) is 109 cm³/mol. The first-order valence-electron chi connectivity index (χ1n) is 9.35. The van der Waals surface area contributed by atoms with Crippen molar-refractivity contribution in [1.29, 1.82) is 0 Å². The lowest BCUT2D eigenvalue weighted by Crippen LogP contribution is -2.48. The molecule has 0 spiro atoms. The molecular weight excluding hydrogens is 374 g/mol. The largest absolute Gasteiger partial charge is 0.366 e. The van der Waals surface area contributed by atoms with Crippen LogP contribution in [0.3, 0.4) is 0 Å². The number of carbonyl (C=O) groups is 1. The van der Waals surface area contributed by atoms with Crippen LogP contribution >= 0.6 is 0 Å². The Morgan fingerprint density at radius 3 is 2.55 bits per heavy atom. The van der Waals surface area contributed by atoms with Gasteiger partial charge in [0.15, 0.2) is 0 Å². The maximum absolute atomic E-state index is 14.3. The number of anilines is 1.